The molecule has 2 heterocycles. The van der Waals surface area contributed by atoms with E-state index in [-0.39, 0.29) is 24.4 Å². The fourth-order valence-corrected chi connectivity index (χ4v) is 2.77. The molecule has 0 aromatic heterocycles. The van der Waals surface area contributed by atoms with Gasteiger partial charge in [-0.25, -0.2) is 4.99 Å². The molecule has 8 nitrogen and oxygen atoms in total. The highest BCUT2D eigenvalue weighted by molar-refractivity contribution is 5.89. The molecule has 24 heavy (non-hydrogen) atoms. The highest BCUT2D eigenvalue weighted by Crippen LogP contribution is 2.09. The lowest BCUT2D eigenvalue weighted by Gasteiger charge is -2.37. The van der Waals surface area contributed by atoms with Gasteiger partial charge in [0, 0.05) is 53.0 Å². The number of likely N-dealkylation sites (N-methyl/N-ethyl adjacent to an activating group) is 2. The molecule has 2 saturated heterocycles. The van der Waals surface area contributed by atoms with Gasteiger partial charge in [0.2, 0.25) is 11.8 Å². The van der Waals surface area contributed by atoms with Gasteiger partial charge in [0.1, 0.15) is 6.54 Å². The first kappa shape index (κ1) is 18.5. The van der Waals surface area contributed by atoms with Crippen molar-refractivity contribution in [2.45, 2.75) is 25.8 Å². The van der Waals surface area contributed by atoms with Gasteiger partial charge in [0.05, 0.1) is 6.54 Å². The summed E-state index contributed by atoms with van der Waals surface area (Å²) in [6.07, 6.45) is 1.81. The normalized spacial score (nSPS) is 20.3. The summed E-state index contributed by atoms with van der Waals surface area (Å²) in [6, 6.07) is 0.270. The number of nitrogens with one attached hydrogen (secondary N) is 1. The first-order chi connectivity index (χ1) is 11.5. The van der Waals surface area contributed by atoms with Crippen LogP contribution >= 0.6 is 0 Å². The zero-order chi connectivity index (χ0) is 17.5. The van der Waals surface area contributed by atoms with E-state index in [9.17, 15) is 9.59 Å². The Morgan fingerprint density at radius 3 is 2.62 bits per heavy atom. The molecular weight excluding hydrogens is 310 g/mol. The minimum Gasteiger partial charge on any atom is -0.381 e. The van der Waals surface area contributed by atoms with Crippen LogP contribution < -0.4 is 5.32 Å². The summed E-state index contributed by atoms with van der Waals surface area (Å²) in [7, 11) is 3.43. The predicted molar refractivity (Wildman–Crippen MR) is 91.8 cm³/mol. The fourth-order valence-electron chi connectivity index (χ4n) is 2.77. The van der Waals surface area contributed by atoms with Gasteiger partial charge in [-0.2, -0.15) is 0 Å². The van der Waals surface area contributed by atoms with Crippen LogP contribution in [-0.2, 0) is 14.3 Å². The van der Waals surface area contributed by atoms with Crippen LogP contribution in [0.2, 0.25) is 0 Å². The minimum atomic E-state index is -0.0557. The molecule has 0 spiro atoms. The number of piperazine rings is 1. The number of hydrogen-bond donors (Lipinski definition) is 1. The second-order valence-electron chi connectivity index (χ2n) is 6.35. The standard InChI is InChI=1S/C16H29N5O3/c1-4-20-7-8-21(12-15(20)23)16(17-11-14(22)19(2)3)18-13-5-9-24-10-6-13/h13H,4-12H2,1-3H3,(H,17,18). The summed E-state index contributed by atoms with van der Waals surface area (Å²) >= 11 is 0. The van der Waals surface area contributed by atoms with Crippen LogP contribution in [-0.4, -0.2) is 98.5 Å². The molecule has 2 aliphatic rings. The van der Waals surface area contributed by atoms with Gasteiger partial charge in [0.15, 0.2) is 5.96 Å². The summed E-state index contributed by atoms with van der Waals surface area (Å²) in [5.74, 6) is 0.699. The summed E-state index contributed by atoms with van der Waals surface area (Å²) < 4.78 is 5.39. The van der Waals surface area contributed by atoms with E-state index in [2.05, 4.69) is 10.3 Å². The van der Waals surface area contributed by atoms with Gasteiger partial charge in [-0.05, 0) is 19.8 Å². The molecule has 0 bridgehead atoms. The molecule has 2 aliphatic heterocycles. The lowest BCUT2D eigenvalue weighted by molar-refractivity contribution is -0.134. The molecule has 0 radical (unpaired) electrons. The van der Waals surface area contributed by atoms with Crippen molar-refractivity contribution >= 4 is 17.8 Å². The fraction of sp³-hybridized carbons (Fsp3) is 0.812. The molecule has 2 fully saturated rings. The molecule has 2 amide bonds. The molecule has 2 rings (SSSR count). The Labute approximate surface area is 143 Å². The smallest absolute Gasteiger partial charge is 0.243 e. The first-order valence-electron chi connectivity index (χ1n) is 8.62. The summed E-state index contributed by atoms with van der Waals surface area (Å²) in [5, 5.41) is 3.43. The van der Waals surface area contributed by atoms with Crippen LogP contribution in [0.25, 0.3) is 0 Å². The highest BCUT2D eigenvalue weighted by Gasteiger charge is 2.27. The lowest BCUT2D eigenvalue weighted by atomic mass is 10.1. The maximum Gasteiger partial charge on any atom is 0.243 e. The van der Waals surface area contributed by atoms with E-state index < -0.39 is 0 Å². The van der Waals surface area contributed by atoms with Gasteiger partial charge in [-0.1, -0.05) is 0 Å². The van der Waals surface area contributed by atoms with E-state index >= 15 is 0 Å². The van der Waals surface area contributed by atoms with E-state index in [0.29, 0.717) is 19.0 Å². The van der Waals surface area contributed by atoms with Crippen molar-refractivity contribution in [2.24, 2.45) is 4.99 Å². The molecule has 136 valence electrons. The molecule has 0 aliphatic carbocycles. The zero-order valence-corrected chi connectivity index (χ0v) is 15.0. The van der Waals surface area contributed by atoms with Crippen LogP contribution in [0.15, 0.2) is 4.99 Å². The number of nitrogens with zero attached hydrogens (tertiary/aromatic N) is 4. The van der Waals surface area contributed by atoms with Crippen molar-refractivity contribution in [1.29, 1.82) is 0 Å². The molecule has 0 aromatic rings. The van der Waals surface area contributed by atoms with E-state index in [4.69, 9.17) is 4.74 Å². The first-order valence-corrected chi connectivity index (χ1v) is 8.62. The lowest BCUT2D eigenvalue weighted by Crippen LogP contribution is -2.57. The maximum absolute atomic E-state index is 12.2. The molecule has 0 unspecified atom stereocenters. The number of carbonyl (C=O) groups excluding carboxylic acids is 2. The predicted octanol–water partition coefficient (Wildman–Crippen LogP) is -0.637. The van der Waals surface area contributed by atoms with Gasteiger partial charge < -0.3 is 24.8 Å². The Hall–Kier alpha value is -1.83. The van der Waals surface area contributed by atoms with E-state index in [0.717, 1.165) is 39.1 Å². The monoisotopic (exact) mass is 339 g/mol. The Balaban J connectivity index is 2.05. The van der Waals surface area contributed by atoms with Crippen molar-refractivity contribution in [2.75, 3.05) is 60.0 Å². The highest BCUT2D eigenvalue weighted by atomic mass is 16.5. The average molecular weight is 339 g/mol. The number of guanidine groups is 1. The minimum absolute atomic E-state index is 0.0557. The third kappa shape index (κ3) is 5.09. The quantitative estimate of drug-likeness (QED) is 0.545. The Morgan fingerprint density at radius 2 is 2.04 bits per heavy atom. The van der Waals surface area contributed by atoms with E-state index in [1.807, 2.05) is 16.7 Å². The van der Waals surface area contributed by atoms with E-state index in [1.165, 1.54) is 4.90 Å². The van der Waals surface area contributed by atoms with Crippen molar-refractivity contribution in [3.8, 4) is 0 Å². The number of ether oxygens (including phenoxy) is 1. The number of amides is 2. The zero-order valence-electron chi connectivity index (χ0n) is 15.0. The summed E-state index contributed by atoms with van der Waals surface area (Å²) in [6.45, 7) is 5.97. The van der Waals surface area contributed by atoms with Crippen molar-refractivity contribution < 1.29 is 14.3 Å². The maximum atomic E-state index is 12.2. The summed E-state index contributed by atoms with van der Waals surface area (Å²) in [5.41, 5.74) is 0. The number of hydrogen-bond acceptors (Lipinski definition) is 4. The molecule has 0 saturated carbocycles. The van der Waals surface area contributed by atoms with Gasteiger partial charge >= 0.3 is 0 Å². The van der Waals surface area contributed by atoms with Gasteiger partial charge in [-0.15, -0.1) is 0 Å². The molecular formula is C16H29N5O3. The molecule has 0 atom stereocenters. The van der Waals surface area contributed by atoms with Gasteiger partial charge in [-0.3, -0.25) is 9.59 Å². The van der Waals surface area contributed by atoms with Crippen molar-refractivity contribution in [3.05, 3.63) is 0 Å². The molecule has 8 heteroatoms. The van der Waals surface area contributed by atoms with Crippen LogP contribution in [0.5, 0.6) is 0 Å². The SMILES string of the molecule is CCN1CCN(C(=NCC(=O)N(C)C)NC2CCOCC2)CC1=O. The number of carbonyl (C=O) groups is 2. The second kappa shape index (κ2) is 8.86. The Kier molecular flexibility index (Phi) is 6.84. The van der Waals surface area contributed by atoms with Crippen LogP contribution in [0.3, 0.4) is 0 Å². The second-order valence-corrected chi connectivity index (χ2v) is 6.35. The van der Waals surface area contributed by atoms with Crippen molar-refractivity contribution in [3.63, 3.8) is 0 Å². The Morgan fingerprint density at radius 1 is 1.33 bits per heavy atom. The third-order valence-corrected chi connectivity index (χ3v) is 4.42. The third-order valence-electron chi connectivity index (χ3n) is 4.42. The van der Waals surface area contributed by atoms with Gasteiger partial charge in [0.25, 0.3) is 0 Å². The average Bonchev–Trinajstić information content (AvgIpc) is 2.59. The van der Waals surface area contributed by atoms with Crippen LogP contribution in [0, 0.1) is 0 Å². The Bertz CT molecular complexity index is 474. The van der Waals surface area contributed by atoms with Crippen molar-refractivity contribution in [1.82, 2.24) is 20.0 Å². The molecule has 1 N–H and O–H groups in total. The topological polar surface area (TPSA) is 77.5 Å². The number of rotatable bonds is 4. The number of aliphatic imine (C=N–C) groups is 1. The van der Waals surface area contributed by atoms with Crippen LogP contribution in [0.4, 0.5) is 0 Å². The summed E-state index contributed by atoms with van der Waals surface area (Å²) in [4.78, 5) is 33.8. The molecule has 0 aromatic carbocycles. The largest absolute Gasteiger partial charge is 0.381 e. The van der Waals surface area contributed by atoms with E-state index in [1.54, 1.807) is 14.1 Å². The van der Waals surface area contributed by atoms with Crippen LogP contribution in [0.1, 0.15) is 19.8 Å².